The Morgan fingerprint density at radius 1 is 0.667 bits per heavy atom. The van der Waals surface area contributed by atoms with Crippen LogP contribution in [0.2, 0.25) is 0 Å². The SMILES string of the molecule is C1CN(SSCCSSN2CCOCC2)CCO1. The summed E-state index contributed by atoms with van der Waals surface area (Å²) in [6, 6.07) is 0. The van der Waals surface area contributed by atoms with Crippen molar-refractivity contribution in [2.45, 2.75) is 0 Å². The third kappa shape index (κ3) is 6.60. The molecule has 2 heterocycles. The number of nitrogens with zero attached hydrogens (tertiary/aromatic N) is 2. The Morgan fingerprint density at radius 3 is 1.44 bits per heavy atom. The summed E-state index contributed by atoms with van der Waals surface area (Å²) < 4.78 is 15.4. The second kappa shape index (κ2) is 10.0. The molecule has 106 valence electrons. The summed E-state index contributed by atoms with van der Waals surface area (Å²) in [6.45, 7) is 7.79. The molecule has 8 heteroatoms. The Morgan fingerprint density at radius 2 is 1.06 bits per heavy atom. The van der Waals surface area contributed by atoms with Crippen LogP contribution in [0.25, 0.3) is 0 Å². The molecule has 0 amide bonds. The van der Waals surface area contributed by atoms with Gasteiger partial charge in [-0.1, -0.05) is 21.6 Å². The second-order valence-electron chi connectivity index (χ2n) is 3.88. The summed E-state index contributed by atoms with van der Waals surface area (Å²) in [5, 5.41) is 0. The quantitative estimate of drug-likeness (QED) is 0.399. The van der Waals surface area contributed by atoms with E-state index >= 15 is 0 Å². The molecule has 4 nitrogen and oxygen atoms in total. The van der Waals surface area contributed by atoms with Crippen LogP contribution in [0, 0.1) is 0 Å². The van der Waals surface area contributed by atoms with Gasteiger partial charge in [0.05, 0.1) is 26.4 Å². The van der Waals surface area contributed by atoms with Crippen LogP contribution in [-0.4, -0.2) is 72.7 Å². The number of rotatable bonds is 7. The van der Waals surface area contributed by atoms with Crippen LogP contribution in [0.5, 0.6) is 0 Å². The maximum atomic E-state index is 5.32. The van der Waals surface area contributed by atoms with Gasteiger partial charge in [0, 0.05) is 37.7 Å². The highest BCUT2D eigenvalue weighted by atomic mass is 33.1. The van der Waals surface area contributed by atoms with Gasteiger partial charge in [-0.25, -0.2) is 8.61 Å². The maximum Gasteiger partial charge on any atom is 0.0603 e. The van der Waals surface area contributed by atoms with Crippen molar-refractivity contribution in [3.05, 3.63) is 0 Å². The Bertz CT molecular complexity index is 192. The van der Waals surface area contributed by atoms with Gasteiger partial charge in [0.2, 0.25) is 0 Å². The lowest BCUT2D eigenvalue weighted by Crippen LogP contribution is -2.30. The number of ether oxygens (including phenoxy) is 2. The predicted octanol–water partition coefficient (Wildman–Crippen LogP) is 2.24. The largest absolute Gasteiger partial charge is 0.379 e. The van der Waals surface area contributed by atoms with Crippen LogP contribution >= 0.6 is 43.5 Å². The molecule has 2 saturated heterocycles. The molecule has 0 aromatic rings. The fourth-order valence-corrected chi connectivity index (χ4v) is 6.58. The molecule has 0 N–H and O–H groups in total. The van der Waals surface area contributed by atoms with E-state index in [4.69, 9.17) is 9.47 Å². The third-order valence-corrected chi connectivity index (χ3v) is 7.77. The van der Waals surface area contributed by atoms with Crippen molar-refractivity contribution in [3.63, 3.8) is 0 Å². The van der Waals surface area contributed by atoms with Crippen molar-refractivity contribution >= 4 is 43.5 Å². The smallest absolute Gasteiger partial charge is 0.0603 e. The Kier molecular flexibility index (Phi) is 8.71. The molecule has 0 bridgehead atoms. The van der Waals surface area contributed by atoms with Crippen molar-refractivity contribution < 1.29 is 9.47 Å². The molecular weight excluding hydrogens is 308 g/mol. The fraction of sp³-hybridized carbons (Fsp3) is 1.00. The van der Waals surface area contributed by atoms with Crippen molar-refractivity contribution in [3.8, 4) is 0 Å². The standard InChI is InChI=1S/C10H20N2O2S4/c1-5-13-6-2-11(1)17-15-9-10-16-18-12-3-7-14-8-4-12/h1-10H2. The van der Waals surface area contributed by atoms with Crippen LogP contribution in [0.4, 0.5) is 0 Å². The zero-order valence-corrected chi connectivity index (χ0v) is 13.7. The number of morpholine rings is 2. The molecule has 0 radical (unpaired) electrons. The summed E-state index contributed by atoms with van der Waals surface area (Å²) in [7, 11) is 7.71. The molecule has 0 spiro atoms. The lowest BCUT2D eigenvalue weighted by Gasteiger charge is -2.25. The van der Waals surface area contributed by atoms with Gasteiger partial charge in [0.15, 0.2) is 0 Å². The fourth-order valence-electron chi connectivity index (χ4n) is 1.53. The molecular formula is C10H20N2O2S4. The molecule has 2 rings (SSSR count). The molecule has 0 aromatic heterocycles. The van der Waals surface area contributed by atoms with Crippen LogP contribution in [0.3, 0.4) is 0 Å². The lowest BCUT2D eigenvalue weighted by atomic mass is 10.5. The van der Waals surface area contributed by atoms with E-state index in [1.165, 1.54) is 11.5 Å². The second-order valence-corrected chi connectivity index (χ2v) is 8.80. The minimum atomic E-state index is 0.884. The minimum absolute atomic E-state index is 0.884. The van der Waals surface area contributed by atoms with E-state index in [-0.39, 0.29) is 0 Å². The normalized spacial score (nSPS) is 23.3. The van der Waals surface area contributed by atoms with E-state index in [2.05, 4.69) is 8.61 Å². The molecule has 2 aliphatic rings. The monoisotopic (exact) mass is 328 g/mol. The van der Waals surface area contributed by atoms with Gasteiger partial charge in [0.1, 0.15) is 0 Å². The van der Waals surface area contributed by atoms with Gasteiger partial charge in [0.25, 0.3) is 0 Å². The first kappa shape index (κ1) is 15.6. The minimum Gasteiger partial charge on any atom is -0.379 e. The Labute approximate surface area is 125 Å². The molecule has 0 saturated carbocycles. The first-order chi connectivity index (χ1) is 8.95. The van der Waals surface area contributed by atoms with Crippen molar-refractivity contribution in [2.24, 2.45) is 0 Å². The molecule has 0 unspecified atom stereocenters. The summed E-state index contributed by atoms with van der Waals surface area (Å²) in [5.41, 5.74) is 0. The van der Waals surface area contributed by atoms with Gasteiger partial charge in [-0.3, -0.25) is 0 Å². The molecule has 2 aliphatic heterocycles. The molecule has 0 aliphatic carbocycles. The summed E-state index contributed by atoms with van der Waals surface area (Å²) in [5.74, 6) is 2.40. The first-order valence-corrected chi connectivity index (χ1v) is 10.7. The molecule has 18 heavy (non-hydrogen) atoms. The van der Waals surface area contributed by atoms with Crippen molar-refractivity contribution in [1.82, 2.24) is 8.61 Å². The lowest BCUT2D eigenvalue weighted by molar-refractivity contribution is 0.0778. The van der Waals surface area contributed by atoms with E-state index in [1.54, 1.807) is 0 Å². The molecule has 0 atom stereocenters. The van der Waals surface area contributed by atoms with Gasteiger partial charge >= 0.3 is 0 Å². The summed E-state index contributed by atoms with van der Waals surface area (Å²) >= 11 is 0. The molecule has 0 aromatic carbocycles. The van der Waals surface area contributed by atoms with E-state index < -0.39 is 0 Å². The molecule has 2 fully saturated rings. The Balaban J connectivity index is 1.39. The van der Waals surface area contributed by atoms with Gasteiger partial charge < -0.3 is 9.47 Å². The van der Waals surface area contributed by atoms with Crippen LogP contribution in [-0.2, 0) is 9.47 Å². The van der Waals surface area contributed by atoms with Crippen LogP contribution in [0.1, 0.15) is 0 Å². The average molecular weight is 329 g/mol. The summed E-state index contributed by atoms with van der Waals surface area (Å²) in [6.07, 6.45) is 0. The zero-order chi connectivity index (χ0) is 12.5. The number of hydrogen-bond acceptors (Lipinski definition) is 8. The van der Waals surface area contributed by atoms with Crippen molar-refractivity contribution in [1.29, 1.82) is 0 Å². The van der Waals surface area contributed by atoms with E-state index in [9.17, 15) is 0 Å². The van der Waals surface area contributed by atoms with Crippen LogP contribution in [0.15, 0.2) is 0 Å². The Hall–Kier alpha value is 1.24. The topological polar surface area (TPSA) is 24.9 Å². The number of hydrogen-bond donors (Lipinski definition) is 0. The van der Waals surface area contributed by atoms with Gasteiger partial charge in [-0.15, -0.1) is 0 Å². The average Bonchev–Trinajstić information content (AvgIpc) is 2.45. The highest BCUT2D eigenvalue weighted by Crippen LogP contribution is 2.31. The van der Waals surface area contributed by atoms with E-state index in [0.29, 0.717) is 0 Å². The summed E-state index contributed by atoms with van der Waals surface area (Å²) in [4.78, 5) is 0. The zero-order valence-electron chi connectivity index (χ0n) is 10.4. The highest BCUT2D eigenvalue weighted by Gasteiger charge is 2.12. The highest BCUT2D eigenvalue weighted by molar-refractivity contribution is 8.77. The van der Waals surface area contributed by atoms with Gasteiger partial charge in [-0.2, -0.15) is 0 Å². The van der Waals surface area contributed by atoms with Crippen LogP contribution < -0.4 is 0 Å². The third-order valence-electron chi connectivity index (χ3n) is 2.51. The van der Waals surface area contributed by atoms with E-state index in [1.807, 2.05) is 43.5 Å². The maximum absolute atomic E-state index is 5.32. The first-order valence-electron chi connectivity index (χ1n) is 6.20. The van der Waals surface area contributed by atoms with Gasteiger partial charge in [-0.05, 0) is 22.0 Å². The predicted molar refractivity (Wildman–Crippen MR) is 84.9 cm³/mol. The van der Waals surface area contributed by atoms with Crippen molar-refractivity contribution in [2.75, 3.05) is 64.1 Å². The van der Waals surface area contributed by atoms with E-state index in [0.717, 1.165) is 52.6 Å².